The molecule has 2 rings (SSSR count). The number of halogens is 1. The summed E-state index contributed by atoms with van der Waals surface area (Å²) in [6.07, 6.45) is 2.38. The highest BCUT2D eigenvalue weighted by molar-refractivity contribution is 6.30. The number of nitrogen functional groups attached to an aromatic ring is 1. The Labute approximate surface area is 98.5 Å². The average Bonchev–Trinajstić information content (AvgIpc) is 2.29. The first kappa shape index (κ1) is 10.8. The van der Waals surface area contributed by atoms with Crippen LogP contribution in [0.15, 0.2) is 24.4 Å². The minimum absolute atomic E-state index is 0.457. The number of hydrogen-bond donors (Lipinski definition) is 1. The van der Waals surface area contributed by atoms with Crippen LogP contribution >= 0.6 is 11.6 Å². The molecule has 2 heterocycles. The quantitative estimate of drug-likeness (QED) is 0.866. The van der Waals surface area contributed by atoms with Crippen LogP contribution in [0, 0.1) is 0 Å². The average molecular weight is 235 g/mol. The van der Waals surface area contributed by atoms with Crippen molar-refractivity contribution >= 4 is 17.4 Å². The third kappa shape index (κ3) is 2.28. The van der Waals surface area contributed by atoms with Crippen LogP contribution in [-0.4, -0.2) is 15.0 Å². The fraction of sp³-hybridized carbons (Fsp3) is 0.182. The SMILES string of the molecule is CCc1cc(N)nc(-c2ccc(Cl)cn2)n1. The Morgan fingerprint density at radius 2 is 2.12 bits per heavy atom. The van der Waals surface area contributed by atoms with Gasteiger partial charge in [-0.1, -0.05) is 18.5 Å². The minimum atomic E-state index is 0.457. The molecule has 0 aromatic carbocycles. The molecule has 0 radical (unpaired) electrons. The van der Waals surface area contributed by atoms with Crippen molar-refractivity contribution in [3.05, 3.63) is 35.1 Å². The summed E-state index contributed by atoms with van der Waals surface area (Å²) in [4.78, 5) is 12.7. The van der Waals surface area contributed by atoms with Crippen LogP contribution in [0.5, 0.6) is 0 Å². The molecule has 4 nitrogen and oxygen atoms in total. The van der Waals surface area contributed by atoms with E-state index in [1.807, 2.05) is 6.92 Å². The fourth-order valence-electron chi connectivity index (χ4n) is 1.32. The van der Waals surface area contributed by atoms with Crippen LogP contribution in [0.25, 0.3) is 11.5 Å². The van der Waals surface area contributed by atoms with E-state index in [1.54, 1.807) is 24.4 Å². The maximum atomic E-state index is 5.76. The van der Waals surface area contributed by atoms with Gasteiger partial charge in [-0.3, -0.25) is 4.98 Å². The number of nitrogens with two attached hydrogens (primary N) is 1. The van der Waals surface area contributed by atoms with Gasteiger partial charge in [0, 0.05) is 18.0 Å². The molecule has 0 saturated heterocycles. The summed E-state index contributed by atoms with van der Waals surface area (Å²) in [7, 11) is 0. The van der Waals surface area contributed by atoms with E-state index in [9.17, 15) is 0 Å². The van der Waals surface area contributed by atoms with E-state index in [0.717, 1.165) is 12.1 Å². The second kappa shape index (κ2) is 4.45. The standard InChI is InChI=1S/C11H11ClN4/c1-2-8-5-10(13)16-11(15-8)9-4-3-7(12)6-14-9/h3-6H,2H2,1H3,(H2,13,15,16). The van der Waals surface area contributed by atoms with Crippen molar-refractivity contribution in [2.24, 2.45) is 0 Å². The van der Waals surface area contributed by atoms with Crippen LogP contribution in [0.4, 0.5) is 5.82 Å². The van der Waals surface area contributed by atoms with Crippen LogP contribution in [0.1, 0.15) is 12.6 Å². The van der Waals surface area contributed by atoms with E-state index in [2.05, 4.69) is 15.0 Å². The van der Waals surface area contributed by atoms with Crippen LogP contribution in [0.2, 0.25) is 5.02 Å². The number of aromatic nitrogens is 3. The molecule has 5 heteroatoms. The molecule has 2 aromatic rings. The maximum Gasteiger partial charge on any atom is 0.180 e. The van der Waals surface area contributed by atoms with Crippen molar-refractivity contribution < 1.29 is 0 Å². The second-order valence-corrected chi connectivity index (χ2v) is 3.76. The van der Waals surface area contributed by atoms with Crippen LogP contribution < -0.4 is 5.73 Å². The molecule has 0 spiro atoms. The molecule has 2 N–H and O–H groups in total. The number of pyridine rings is 1. The minimum Gasteiger partial charge on any atom is -0.384 e. The number of anilines is 1. The van der Waals surface area contributed by atoms with Gasteiger partial charge in [0.2, 0.25) is 0 Å². The molecule has 0 aliphatic carbocycles. The molecular weight excluding hydrogens is 224 g/mol. The highest BCUT2D eigenvalue weighted by Gasteiger charge is 2.05. The van der Waals surface area contributed by atoms with E-state index in [0.29, 0.717) is 22.4 Å². The van der Waals surface area contributed by atoms with Crippen molar-refractivity contribution in [3.63, 3.8) is 0 Å². The molecule has 0 aliphatic heterocycles. The maximum absolute atomic E-state index is 5.76. The first-order valence-electron chi connectivity index (χ1n) is 4.94. The summed E-state index contributed by atoms with van der Waals surface area (Å²) in [5.74, 6) is 0.993. The zero-order valence-electron chi connectivity index (χ0n) is 8.81. The Balaban J connectivity index is 2.47. The summed E-state index contributed by atoms with van der Waals surface area (Å²) in [6.45, 7) is 2.01. The van der Waals surface area contributed by atoms with Crippen molar-refractivity contribution in [1.82, 2.24) is 15.0 Å². The topological polar surface area (TPSA) is 64.7 Å². The number of aryl methyl sites for hydroxylation is 1. The second-order valence-electron chi connectivity index (χ2n) is 3.32. The molecule has 0 amide bonds. The van der Waals surface area contributed by atoms with Crippen molar-refractivity contribution in [3.8, 4) is 11.5 Å². The van der Waals surface area contributed by atoms with E-state index in [-0.39, 0.29) is 0 Å². The zero-order valence-corrected chi connectivity index (χ0v) is 9.57. The zero-order chi connectivity index (χ0) is 11.5. The fourth-order valence-corrected chi connectivity index (χ4v) is 1.43. The summed E-state index contributed by atoms with van der Waals surface area (Å²) in [6, 6.07) is 5.29. The van der Waals surface area contributed by atoms with Gasteiger partial charge >= 0.3 is 0 Å². The highest BCUT2D eigenvalue weighted by Crippen LogP contribution is 2.16. The van der Waals surface area contributed by atoms with E-state index in [4.69, 9.17) is 17.3 Å². The molecule has 0 aliphatic rings. The van der Waals surface area contributed by atoms with Crippen molar-refractivity contribution in [1.29, 1.82) is 0 Å². The van der Waals surface area contributed by atoms with E-state index < -0.39 is 0 Å². The normalized spacial score (nSPS) is 10.4. The molecule has 0 bridgehead atoms. The van der Waals surface area contributed by atoms with Gasteiger partial charge in [0.15, 0.2) is 5.82 Å². The third-order valence-corrected chi connectivity index (χ3v) is 2.34. The lowest BCUT2D eigenvalue weighted by Gasteiger charge is -2.03. The van der Waals surface area contributed by atoms with Gasteiger partial charge in [-0.15, -0.1) is 0 Å². The predicted molar refractivity (Wildman–Crippen MR) is 64.1 cm³/mol. The lowest BCUT2D eigenvalue weighted by atomic mass is 10.3. The van der Waals surface area contributed by atoms with Gasteiger partial charge in [0.05, 0.1) is 5.02 Å². The molecule has 16 heavy (non-hydrogen) atoms. The largest absolute Gasteiger partial charge is 0.384 e. The van der Waals surface area contributed by atoms with Gasteiger partial charge in [-0.05, 0) is 18.6 Å². The van der Waals surface area contributed by atoms with Gasteiger partial charge in [0.1, 0.15) is 11.5 Å². The third-order valence-electron chi connectivity index (χ3n) is 2.12. The molecule has 0 fully saturated rings. The monoisotopic (exact) mass is 234 g/mol. The van der Waals surface area contributed by atoms with Gasteiger partial charge in [-0.25, -0.2) is 9.97 Å². The summed E-state index contributed by atoms with van der Waals surface area (Å²) in [5.41, 5.74) is 7.27. The van der Waals surface area contributed by atoms with E-state index >= 15 is 0 Å². The number of nitrogens with zero attached hydrogens (tertiary/aromatic N) is 3. The molecular formula is C11H11ClN4. The molecule has 82 valence electrons. The lowest BCUT2D eigenvalue weighted by molar-refractivity contribution is 1.00. The first-order chi connectivity index (χ1) is 7.69. The van der Waals surface area contributed by atoms with Crippen molar-refractivity contribution in [2.75, 3.05) is 5.73 Å². The highest BCUT2D eigenvalue weighted by atomic mass is 35.5. The molecule has 0 atom stereocenters. The Bertz CT molecular complexity index is 496. The van der Waals surface area contributed by atoms with Crippen LogP contribution in [0.3, 0.4) is 0 Å². The summed E-state index contributed by atoms with van der Waals surface area (Å²) >= 11 is 5.76. The van der Waals surface area contributed by atoms with E-state index in [1.165, 1.54) is 0 Å². The Morgan fingerprint density at radius 3 is 2.75 bits per heavy atom. The summed E-state index contributed by atoms with van der Waals surface area (Å²) < 4.78 is 0. The number of hydrogen-bond acceptors (Lipinski definition) is 4. The summed E-state index contributed by atoms with van der Waals surface area (Å²) in [5, 5.41) is 0.586. The first-order valence-corrected chi connectivity index (χ1v) is 5.32. The lowest BCUT2D eigenvalue weighted by Crippen LogP contribution is -2.00. The molecule has 0 saturated carbocycles. The molecule has 0 unspecified atom stereocenters. The number of rotatable bonds is 2. The smallest absolute Gasteiger partial charge is 0.180 e. The Hall–Kier alpha value is -1.68. The Morgan fingerprint density at radius 1 is 1.31 bits per heavy atom. The van der Waals surface area contributed by atoms with Gasteiger partial charge < -0.3 is 5.73 Å². The van der Waals surface area contributed by atoms with Gasteiger partial charge in [-0.2, -0.15) is 0 Å². The van der Waals surface area contributed by atoms with Gasteiger partial charge in [0.25, 0.3) is 0 Å². The Kier molecular flexibility index (Phi) is 3.01. The molecule has 2 aromatic heterocycles. The van der Waals surface area contributed by atoms with Crippen LogP contribution in [-0.2, 0) is 6.42 Å². The van der Waals surface area contributed by atoms with Crippen molar-refractivity contribution in [2.45, 2.75) is 13.3 Å². The predicted octanol–water partition coefficient (Wildman–Crippen LogP) is 2.34.